The van der Waals surface area contributed by atoms with E-state index in [0.717, 1.165) is 30.6 Å². The molecule has 0 spiro atoms. The fraction of sp³-hybridized carbons (Fsp3) is 0.368. The fourth-order valence-electron chi connectivity index (χ4n) is 3.31. The zero-order valence-electron chi connectivity index (χ0n) is 14.0. The highest BCUT2D eigenvalue weighted by Crippen LogP contribution is 2.23. The minimum atomic E-state index is 0.0516. The summed E-state index contributed by atoms with van der Waals surface area (Å²) in [7, 11) is 0. The Labute approximate surface area is 142 Å². The number of imidazole rings is 1. The third-order valence-electron chi connectivity index (χ3n) is 4.75. The van der Waals surface area contributed by atoms with Gasteiger partial charge in [0.15, 0.2) is 0 Å². The summed E-state index contributed by atoms with van der Waals surface area (Å²) in [5.41, 5.74) is 7.91. The molecule has 2 N–H and O–H groups in total. The van der Waals surface area contributed by atoms with Crippen LogP contribution in [0.4, 0.5) is 0 Å². The second kappa shape index (κ2) is 7.45. The van der Waals surface area contributed by atoms with Gasteiger partial charge in [-0.3, -0.25) is 4.79 Å². The average Bonchev–Trinajstić information content (AvgIpc) is 3.14. The first-order chi connectivity index (χ1) is 11.7. The summed E-state index contributed by atoms with van der Waals surface area (Å²) in [6, 6.07) is 8.17. The Morgan fingerprint density at radius 1 is 1.38 bits per heavy atom. The van der Waals surface area contributed by atoms with Crippen molar-refractivity contribution in [2.24, 2.45) is 11.7 Å². The van der Waals surface area contributed by atoms with Crippen molar-refractivity contribution < 1.29 is 4.79 Å². The van der Waals surface area contributed by atoms with Crippen LogP contribution in [0, 0.1) is 5.92 Å². The molecule has 2 unspecified atom stereocenters. The van der Waals surface area contributed by atoms with Gasteiger partial charge in [0, 0.05) is 43.3 Å². The van der Waals surface area contributed by atoms with E-state index in [9.17, 15) is 4.79 Å². The van der Waals surface area contributed by atoms with Crippen molar-refractivity contribution in [3.63, 3.8) is 0 Å². The maximum Gasteiger partial charge on any atom is 0.246 e. The van der Waals surface area contributed by atoms with Crippen molar-refractivity contribution in [2.45, 2.75) is 25.8 Å². The largest absolute Gasteiger partial charge is 0.335 e. The van der Waals surface area contributed by atoms with Crippen molar-refractivity contribution in [3.05, 3.63) is 54.6 Å². The van der Waals surface area contributed by atoms with Gasteiger partial charge in [0.1, 0.15) is 0 Å². The number of carbonyl (C=O) groups is 1. The van der Waals surface area contributed by atoms with Crippen LogP contribution >= 0.6 is 0 Å². The quantitative estimate of drug-likeness (QED) is 0.879. The summed E-state index contributed by atoms with van der Waals surface area (Å²) >= 11 is 0. The normalized spacial score (nSPS) is 21.3. The number of nitrogens with two attached hydrogens (primary N) is 1. The van der Waals surface area contributed by atoms with E-state index < -0.39 is 0 Å². The molecule has 2 atom stereocenters. The van der Waals surface area contributed by atoms with E-state index in [1.165, 1.54) is 0 Å². The van der Waals surface area contributed by atoms with Crippen molar-refractivity contribution in [1.29, 1.82) is 0 Å². The molecular formula is C19H24N4O. The van der Waals surface area contributed by atoms with Crippen molar-refractivity contribution in [2.75, 3.05) is 13.1 Å². The zero-order valence-corrected chi connectivity index (χ0v) is 14.0. The van der Waals surface area contributed by atoms with Crippen LogP contribution in [0.3, 0.4) is 0 Å². The number of hydrogen-bond acceptors (Lipinski definition) is 3. The summed E-state index contributed by atoms with van der Waals surface area (Å²) in [6.45, 7) is 3.50. The Balaban J connectivity index is 1.67. The highest BCUT2D eigenvalue weighted by atomic mass is 16.2. The first kappa shape index (κ1) is 16.5. The van der Waals surface area contributed by atoms with Crippen molar-refractivity contribution in [1.82, 2.24) is 14.5 Å². The van der Waals surface area contributed by atoms with Crippen molar-refractivity contribution >= 4 is 12.0 Å². The second-order valence-electron chi connectivity index (χ2n) is 6.35. The fourth-order valence-corrected chi connectivity index (χ4v) is 3.31. The van der Waals surface area contributed by atoms with Gasteiger partial charge in [-0.2, -0.15) is 0 Å². The van der Waals surface area contributed by atoms with E-state index in [4.69, 9.17) is 5.73 Å². The number of hydrogen-bond donors (Lipinski definition) is 1. The highest BCUT2D eigenvalue weighted by Gasteiger charge is 2.29. The Bertz CT molecular complexity index is 691. The zero-order chi connectivity index (χ0) is 16.9. The third-order valence-corrected chi connectivity index (χ3v) is 4.75. The molecule has 1 aromatic heterocycles. The van der Waals surface area contributed by atoms with Gasteiger partial charge in [-0.1, -0.05) is 19.1 Å². The van der Waals surface area contributed by atoms with Crippen LogP contribution in [0.15, 0.2) is 49.1 Å². The third kappa shape index (κ3) is 3.57. The summed E-state index contributed by atoms with van der Waals surface area (Å²) in [6.07, 6.45) is 11.1. The van der Waals surface area contributed by atoms with Gasteiger partial charge in [0.05, 0.1) is 6.33 Å². The van der Waals surface area contributed by atoms with Gasteiger partial charge < -0.3 is 15.2 Å². The van der Waals surface area contributed by atoms with Gasteiger partial charge in [0.25, 0.3) is 0 Å². The number of benzene rings is 1. The van der Waals surface area contributed by atoms with E-state index in [1.54, 1.807) is 18.6 Å². The molecule has 1 aromatic carbocycles. The van der Waals surface area contributed by atoms with Gasteiger partial charge in [-0.05, 0) is 42.5 Å². The smallest absolute Gasteiger partial charge is 0.246 e. The molecule has 0 bridgehead atoms. The Morgan fingerprint density at radius 3 is 2.83 bits per heavy atom. The van der Waals surface area contributed by atoms with E-state index in [-0.39, 0.29) is 11.9 Å². The van der Waals surface area contributed by atoms with Gasteiger partial charge in [-0.15, -0.1) is 0 Å². The molecule has 24 heavy (non-hydrogen) atoms. The first-order valence-corrected chi connectivity index (χ1v) is 8.46. The summed E-state index contributed by atoms with van der Waals surface area (Å²) in [5, 5.41) is 0. The Hall–Kier alpha value is -2.40. The van der Waals surface area contributed by atoms with E-state index >= 15 is 0 Å². The molecule has 3 rings (SSSR count). The Kier molecular flexibility index (Phi) is 5.11. The number of aromatic nitrogens is 2. The van der Waals surface area contributed by atoms with E-state index in [2.05, 4.69) is 11.9 Å². The maximum atomic E-state index is 12.5. The van der Waals surface area contributed by atoms with Crippen molar-refractivity contribution in [3.8, 4) is 5.69 Å². The molecule has 0 radical (unpaired) electrons. The number of nitrogens with zero attached hydrogens (tertiary/aromatic N) is 3. The molecule has 1 aliphatic rings. The average molecular weight is 324 g/mol. The number of piperidine rings is 1. The molecule has 2 heterocycles. The molecule has 1 amide bonds. The minimum absolute atomic E-state index is 0.0516. The molecule has 0 saturated carbocycles. The number of amides is 1. The first-order valence-electron chi connectivity index (χ1n) is 8.46. The predicted molar refractivity (Wildman–Crippen MR) is 95.6 cm³/mol. The second-order valence-corrected chi connectivity index (χ2v) is 6.35. The van der Waals surface area contributed by atoms with Crippen LogP contribution in [-0.2, 0) is 4.79 Å². The van der Waals surface area contributed by atoms with Crippen LogP contribution in [0.5, 0.6) is 0 Å². The summed E-state index contributed by atoms with van der Waals surface area (Å²) < 4.78 is 1.94. The molecule has 0 aliphatic carbocycles. The van der Waals surface area contributed by atoms with Crippen LogP contribution in [0.2, 0.25) is 0 Å². The molecule has 5 nitrogen and oxygen atoms in total. The molecular weight excluding hydrogens is 300 g/mol. The van der Waals surface area contributed by atoms with Gasteiger partial charge >= 0.3 is 0 Å². The maximum absolute atomic E-state index is 12.5. The van der Waals surface area contributed by atoms with Crippen LogP contribution in [0.1, 0.15) is 25.3 Å². The van der Waals surface area contributed by atoms with Crippen LogP contribution in [0.25, 0.3) is 11.8 Å². The Morgan fingerprint density at radius 2 is 2.17 bits per heavy atom. The molecule has 1 saturated heterocycles. The standard InChI is InChI=1S/C19H24N4O/c1-15-3-2-11-23(18(15)13-20)19(24)9-6-16-4-7-17(8-5-16)22-12-10-21-14-22/h4-10,12,14-15,18H,2-3,11,13,20H2,1H3. The SMILES string of the molecule is CC1CCCN(C(=O)C=Cc2ccc(-n3ccnc3)cc2)C1CN. The van der Waals surface area contributed by atoms with E-state index in [1.807, 2.05) is 46.0 Å². The lowest BCUT2D eigenvalue weighted by atomic mass is 9.90. The molecule has 126 valence electrons. The highest BCUT2D eigenvalue weighted by molar-refractivity contribution is 5.92. The predicted octanol–water partition coefficient (Wildman–Crippen LogP) is 2.47. The lowest BCUT2D eigenvalue weighted by molar-refractivity contribution is -0.130. The minimum Gasteiger partial charge on any atom is -0.335 e. The lowest BCUT2D eigenvalue weighted by Crippen LogP contribution is -2.50. The molecule has 1 fully saturated rings. The van der Waals surface area contributed by atoms with E-state index in [0.29, 0.717) is 12.5 Å². The van der Waals surface area contributed by atoms with Gasteiger partial charge in [-0.25, -0.2) is 4.98 Å². The molecule has 5 heteroatoms. The number of carbonyl (C=O) groups excluding carboxylic acids is 1. The topological polar surface area (TPSA) is 64.2 Å². The summed E-state index contributed by atoms with van der Waals surface area (Å²) in [4.78, 5) is 18.5. The van der Waals surface area contributed by atoms with Gasteiger partial charge in [0.2, 0.25) is 5.91 Å². The summed E-state index contributed by atoms with van der Waals surface area (Å²) in [5.74, 6) is 0.520. The number of rotatable bonds is 4. The lowest BCUT2D eigenvalue weighted by Gasteiger charge is -2.38. The molecule has 1 aliphatic heterocycles. The number of likely N-dealkylation sites (tertiary alicyclic amines) is 1. The van der Waals surface area contributed by atoms with Crippen LogP contribution < -0.4 is 5.73 Å². The molecule has 2 aromatic rings. The monoisotopic (exact) mass is 324 g/mol. The van der Waals surface area contributed by atoms with Crippen LogP contribution in [-0.4, -0.2) is 39.5 Å².